The smallest absolute Gasteiger partial charge is 0.416 e. The second kappa shape index (κ2) is 12.4. The highest BCUT2D eigenvalue weighted by molar-refractivity contribution is 6.28. The molecule has 10 heteroatoms. The van der Waals surface area contributed by atoms with Crippen LogP contribution in [0.4, 0.5) is 13.2 Å². The molecule has 0 spiro atoms. The zero-order valence-electron chi connectivity index (χ0n) is 22.6. The lowest BCUT2D eigenvalue weighted by Crippen LogP contribution is -2.41. The van der Waals surface area contributed by atoms with Crippen molar-refractivity contribution in [1.82, 2.24) is 4.90 Å². The summed E-state index contributed by atoms with van der Waals surface area (Å²) in [5.74, 6) is -2.20. The number of carbonyl (C=O) groups is 4. The average molecular weight is 577 g/mol. The Morgan fingerprint density at radius 3 is 2.07 bits per heavy atom. The van der Waals surface area contributed by atoms with E-state index in [0.29, 0.717) is 31.2 Å². The van der Waals surface area contributed by atoms with Gasteiger partial charge in [0.1, 0.15) is 0 Å². The Kier molecular flexibility index (Phi) is 8.87. The molecular weight excluding hydrogens is 549 g/mol. The molecule has 4 aromatic carbocycles. The predicted molar refractivity (Wildman–Crippen MR) is 151 cm³/mol. The summed E-state index contributed by atoms with van der Waals surface area (Å²) in [5.41, 5.74) is 7.84. The summed E-state index contributed by atoms with van der Waals surface area (Å²) in [4.78, 5) is 50.4. The van der Waals surface area contributed by atoms with Crippen molar-refractivity contribution in [2.75, 3.05) is 13.1 Å². The van der Waals surface area contributed by atoms with E-state index in [1.807, 2.05) is 31.2 Å². The number of amides is 2. The molecule has 2 amide bonds. The summed E-state index contributed by atoms with van der Waals surface area (Å²) >= 11 is 0. The number of benzene rings is 4. The van der Waals surface area contributed by atoms with Crippen LogP contribution in [-0.2, 0) is 19.0 Å². The third-order valence-electron chi connectivity index (χ3n) is 6.90. The van der Waals surface area contributed by atoms with Crippen molar-refractivity contribution in [2.45, 2.75) is 25.9 Å². The molecular formula is C32H27F3N2O5. The molecule has 0 atom stereocenters. The Bertz CT molecular complexity index is 1680. The lowest BCUT2D eigenvalue weighted by atomic mass is 9.88. The first kappa shape index (κ1) is 30.1. The number of hydrogen-bond donors (Lipinski definition) is 2. The second-order valence-corrected chi connectivity index (χ2v) is 9.77. The topological polar surface area (TPSA) is 118 Å². The van der Waals surface area contributed by atoms with Gasteiger partial charge in [-0.05, 0) is 61.7 Å². The number of hydrogen-bond acceptors (Lipinski definition) is 5. The van der Waals surface area contributed by atoms with Crippen molar-refractivity contribution in [3.63, 3.8) is 0 Å². The fourth-order valence-corrected chi connectivity index (χ4v) is 4.92. The van der Waals surface area contributed by atoms with Crippen LogP contribution in [0.15, 0.2) is 72.8 Å². The molecule has 5 rings (SSSR count). The van der Waals surface area contributed by atoms with Crippen molar-refractivity contribution in [2.24, 2.45) is 5.73 Å². The number of imide groups is 1. The van der Waals surface area contributed by atoms with Gasteiger partial charge in [0.25, 0.3) is 11.8 Å². The third kappa shape index (κ3) is 6.23. The van der Waals surface area contributed by atoms with Crippen LogP contribution in [0.25, 0.3) is 10.8 Å². The van der Waals surface area contributed by atoms with Gasteiger partial charge >= 0.3 is 12.1 Å². The van der Waals surface area contributed by atoms with Crippen molar-refractivity contribution < 1.29 is 37.5 Å². The number of aldehydes is 1. The number of rotatable bonds is 7. The van der Waals surface area contributed by atoms with Gasteiger partial charge < -0.3 is 10.8 Å². The largest absolute Gasteiger partial charge is 0.478 e. The van der Waals surface area contributed by atoms with Crippen LogP contribution < -0.4 is 5.73 Å². The van der Waals surface area contributed by atoms with Crippen LogP contribution in [-0.4, -0.2) is 47.2 Å². The molecule has 0 fully saturated rings. The predicted octanol–water partition coefficient (Wildman–Crippen LogP) is 5.70. The van der Waals surface area contributed by atoms with E-state index in [1.54, 1.807) is 6.07 Å². The van der Waals surface area contributed by atoms with Crippen molar-refractivity contribution >= 4 is 34.8 Å². The van der Waals surface area contributed by atoms with Gasteiger partial charge in [-0.25, -0.2) is 4.79 Å². The fraction of sp³-hybridized carbons (Fsp3) is 0.188. The van der Waals surface area contributed by atoms with E-state index in [1.165, 1.54) is 35.2 Å². The molecule has 1 aliphatic heterocycles. The summed E-state index contributed by atoms with van der Waals surface area (Å²) in [7, 11) is 0. The molecule has 0 aromatic heterocycles. The normalized spacial score (nSPS) is 12.6. The monoisotopic (exact) mass is 576 g/mol. The molecule has 0 saturated heterocycles. The molecule has 0 saturated carbocycles. The molecule has 1 aliphatic rings. The molecule has 0 aliphatic carbocycles. The minimum absolute atomic E-state index is 0.110. The van der Waals surface area contributed by atoms with Crippen molar-refractivity contribution in [1.29, 1.82) is 0 Å². The SMILES string of the molecule is Cc1cccc(CCN2C(=O)c3ccc(C=O)c4c(C(=O)O)ccc(c34)C2=O)c1.NCCc1cccc(C(F)(F)F)c1. The standard InChI is InChI=1S/C23H17NO5.C9H10F3N/c1-13-3-2-4-14(11-13)9-10-24-21(26)16-6-5-15(12-25)19-18(23(28)29)8-7-17(20(16)19)22(24)27;10-9(11,12)8-3-1-2-7(6-8)4-5-13/h2-8,11-12H,9-10H2,1H3,(H,28,29);1-3,6H,4-5,13H2. The Morgan fingerprint density at radius 1 is 0.881 bits per heavy atom. The maximum Gasteiger partial charge on any atom is 0.416 e. The fourth-order valence-electron chi connectivity index (χ4n) is 4.92. The van der Waals surface area contributed by atoms with Crippen molar-refractivity contribution in [3.8, 4) is 0 Å². The molecule has 0 radical (unpaired) electrons. The number of nitrogens with two attached hydrogens (primary N) is 1. The van der Waals surface area contributed by atoms with Gasteiger partial charge in [0, 0.05) is 34.0 Å². The molecule has 7 nitrogen and oxygen atoms in total. The highest BCUT2D eigenvalue weighted by Gasteiger charge is 2.34. The van der Waals surface area contributed by atoms with Crippen LogP contribution in [0.3, 0.4) is 0 Å². The van der Waals surface area contributed by atoms with E-state index in [0.717, 1.165) is 23.3 Å². The van der Waals surface area contributed by atoms with E-state index >= 15 is 0 Å². The highest BCUT2D eigenvalue weighted by atomic mass is 19.4. The molecule has 0 bridgehead atoms. The maximum atomic E-state index is 13.1. The summed E-state index contributed by atoms with van der Waals surface area (Å²) in [6.07, 6.45) is -2.74. The van der Waals surface area contributed by atoms with Crippen LogP contribution in [0.2, 0.25) is 0 Å². The molecule has 0 unspecified atom stereocenters. The van der Waals surface area contributed by atoms with E-state index in [4.69, 9.17) is 5.73 Å². The van der Waals surface area contributed by atoms with Gasteiger partial charge in [0.05, 0.1) is 11.1 Å². The minimum Gasteiger partial charge on any atom is -0.478 e. The number of alkyl halides is 3. The number of carbonyl (C=O) groups excluding carboxylic acids is 3. The Balaban J connectivity index is 0.000000262. The number of halogens is 3. The number of carboxylic acids is 1. The summed E-state index contributed by atoms with van der Waals surface area (Å²) < 4.78 is 36.5. The van der Waals surface area contributed by atoms with Gasteiger partial charge in [-0.3, -0.25) is 19.3 Å². The van der Waals surface area contributed by atoms with E-state index in [9.17, 15) is 37.5 Å². The third-order valence-corrected chi connectivity index (χ3v) is 6.90. The van der Waals surface area contributed by atoms with E-state index < -0.39 is 29.5 Å². The zero-order chi connectivity index (χ0) is 30.6. The lowest BCUT2D eigenvalue weighted by Gasteiger charge is -2.28. The Morgan fingerprint density at radius 2 is 1.50 bits per heavy atom. The van der Waals surface area contributed by atoms with Crippen LogP contribution in [0, 0.1) is 6.92 Å². The summed E-state index contributed by atoms with van der Waals surface area (Å²) in [6.45, 7) is 2.54. The molecule has 42 heavy (non-hydrogen) atoms. The summed E-state index contributed by atoms with van der Waals surface area (Å²) in [5, 5.41) is 9.86. The highest BCUT2D eigenvalue weighted by Crippen LogP contribution is 2.34. The van der Waals surface area contributed by atoms with Crippen molar-refractivity contribution in [3.05, 3.63) is 117 Å². The number of aromatic carboxylic acids is 1. The summed E-state index contributed by atoms with van der Waals surface area (Å²) in [6, 6.07) is 18.7. The Labute approximate surface area is 239 Å². The lowest BCUT2D eigenvalue weighted by molar-refractivity contribution is -0.137. The molecule has 216 valence electrons. The van der Waals surface area contributed by atoms with Crippen LogP contribution in [0.5, 0.6) is 0 Å². The first-order valence-corrected chi connectivity index (χ1v) is 13.0. The molecule has 3 N–H and O–H groups in total. The van der Waals surface area contributed by atoms with Gasteiger partial charge in [0.2, 0.25) is 0 Å². The molecule has 4 aromatic rings. The molecule has 1 heterocycles. The Hall–Kier alpha value is -4.83. The number of aryl methyl sites for hydroxylation is 1. The maximum absolute atomic E-state index is 13.1. The van der Waals surface area contributed by atoms with Crippen LogP contribution >= 0.6 is 0 Å². The van der Waals surface area contributed by atoms with Crippen LogP contribution in [0.1, 0.15) is 63.7 Å². The first-order chi connectivity index (χ1) is 20.0. The van der Waals surface area contributed by atoms with Gasteiger partial charge in [-0.15, -0.1) is 0 Å². The second-order valence-electron chi connectivity index (χ2n) is 9.77. The quantitative estimate of drug-likeness (QED) is 0.215. The first-order valence-electron chi connectivity index (χ1n) is 13.0. The van der Waals surface area contributed by atoms with E-state index in [-0.39, 0.29) is 39.6 Å². The average Bonchev–Trinajstić information content (AvgIpc) is 2.95. The van der Waals surface area contributed by atoms with Gasteiger partial charge in [-0.1, -0.05) is 54.1 Å². The number of nitrogens with zero attached hydrogens (tertiary/aromatic N) is 1. The van der Waals surface area contributed by atoms with E-state index in [2.05, 4.69) is 0 Å². The van der Waals surface area contributed by atoms with Gasteiger partial charge in [0.15, 0.2) is 6.29 Å². The number of carboxylic acid groups (broad SMARTS) is 1. The minimum atomic E-state index is -4.26. The van der Waals surface area contributed by atoms with Gasteiger partial charge in [-0.2, -0.15) is 13.2 Å². The zero-order valence-corrected chi connectivity index (χ0v) is 22.6.